The molecular formula is C15H17NO3S2. The first-order valence-electron chi connectivity index (χ1n) is 6.43. The lowest BCUT2D eigenvalue weighted by Crippen LogP contribution is -2.26. The molecule has 2 aromatic carbocycles. The maximum atomic E-state index is 12.1. The van der Waals surface area contributed by atoms with Gasteiger partial charge in [-0.15, -0.1) is 12.6 Å². The first-order chi connectivity index (χ1) is 10.0. The molecule has 112 valence electrons. The smallest absolute Gasteiger partial charge is 0.240 e. The Bertz CT molecular complexity index is 697. The van der Waals surface area contributed by atoms with Gasteiger partial charge in [0.05, 0.1) is 12.0 Å². The van der Waals surface area contributed by atoms with E-state index in [9.17, 15) is 8.42 Å². The molecule has 0 unspecified atom stereocenters. The molecule has 0 fully saturated rings. The van der Waals surface area contributed by atoms with E-state index >= 15 is 0 Å². The third kappa shape index (κ3) is 4.23. The molecule has 0 heterocycles. The van der Waals surface area contributed by atoms with Gasteiger partial charge >= 0.3 is 0 Å². The Morgan fingerprint density at radius 1 is 1.10 bits per heavy atom. The number of hydrogen-bond donors (Lipinski definition) is 2. The molecule has 0 aliphatic heterocycles. The summed E-state index contributed by atoms with van der Waals surface area (Å²) in [6, 6.07) is 13.9. The average molecular weight is 323 g/mol. The van der Waals surface area contributed by atoms with Gasteiger partial charge < -0.3 is 4.74 Å². The summed E-state index contributed by atoms with van der Waals surface area (Å²) in [5.74, 6) is 0.623. The molecule has 6 heteroatoms. The van der Waals surface area contributed by atoms with Crippen LogP contribution in [0.4, 0.5) is 0 Å². The number of benzene rings is 2. The lowest BCUT2D eigenvalue weighted by molar-refractivity contribution is 0.414. The van der Waals surface area contributed by atoms with Gasteiger partial charge in [0, 0.05) is 11.4 Å². The molecule has 21 heavy (non-hydrogen) atoms. The summed E-state index contributed by atoms with van der Waals surface area (Å²) in [6.07, 6.45) is 0.592. The van der Waals surface area contributed by atoms with Crippen molar-refractivity contribution in [3.8, 4) is 5.75 Å². The second-order valence-electron chi connectivity index (χ2n) is 4.45. The molecule has 0 saturated carbocycles. The van der Waals surface area contributed by atoms with Crippen LogP contribution in [0.5, 0.6) is 5.75 Å². The minimum absolute atomic E-state index is 0.224. The highest BCUT2D eigenvalue weighted by Gasteiger charge is 2.13. The fourth-order valence-electron chi connectivity index (χ4n) is 1.88. The first-order valence-corrected chi connectivity index (χ1v) is 8.36. The minimum Gasteiger partial charge on any atom is -0.497 e. The minimum atomic E-state index is -3.50. The van der Waals surface area contributed by atoms with E-state index in [-0.39, 0.29) is 4.90 Å². The van der Waals surface area contributed by atoms with Crippen molar-refractivity contribution in [2.75, 3.05) is 13.7 Å². The lowest BCUT2D eigenvalue weighted by atomic mass is 10.1. The zero-order valence-electron chi connectivity index (χ0n) is 11.6. The Kier molecular flexibility index (Phi) is 5.27. The molecule has 0 bridgehead atoms. The summed E-state index contributed by atoms with van der Waals surface area (Å²) >= 11 is 4.34. The van der Waals surface area contributed by atoms with Gasteiger partial charge in [-0.2, -0.15) is 0 Å². The first kappa shape index (κ1) is 15.9. The highest BCUT2D eigenvalue weighted by atomic mass is 32.2. The van der Waals surface area contributed by atoms with E-state index in [2.05, 4.69) is 17.4 Å². The van der Waals surface area contributed by atoms with Crippen LogP contribution in [0.25, 0.3) is 0 Å². The van der Waals surface area contributed by atoms with Gasteiger partial charge in [0.25, 0.3) is 0 Å². The predicted molar refractivity (Wildman–Crippen MR) is 85.6 cm³/mol. The third-order valence-electron chi connectivity index (χ3n) is 3.05. The molecule has 0 radical (unpaired) electrons. The number of rotatable bonds is 6. The fourth-order valence-corrected chi connectivity index (χ4v) is 3.18. The molecule has 0 aromatic heterocycles. The van der Waals surface area contributed by atoms with Crippen molar-refractivity contribution >= 4 is 22.7 Å². The van der Waals surface area contributed by atoms with Crippen LogP contribution in [0.3, 0.4) is 0 Å². The molecule has 0 aliphatic rings. The van der Waals surface area contributed by atoms with Crippen molar-refractivity contribution in [2.24, 2.45) is 0 Å². The third-order valence-corrected chi connectivity index (χ3v) is 4.96. The topological polar surface area (TPSA) is 55.4 Å². The number of ether oxygens (including phenoxy) is 1. The van der Waals surface area contributed by atoms with Crippen LogP contribution in [0.15, 0.2) is 58.3 Å². The summed E-state index contributed by atoms with van der Waals surface area (Å²) < 4.78 is 31.9. The van der Waals surface area contributed by atoms with Crippen LogP contribution in [0.2, 0.25) is 0 Å². The van der Waals surface area contributed by atoms with Crippen molar-refractivity contribution in [1.29, 1.82) is 0 Å². The number of hydrogen-bond acceptors (Lipinski definition) is 4. The predicted octanol–water partition coefficient (Wildman–Crippen LogP) is 2.50. The van der Waals surface area contributed by atoms with Crippen molar-refractivity contribution in [3.63, 3.8) is 0 Å². The second-order valence-corrected chi connectivity index (χ2v) is 6.70. The van der Waals surface area contributed by atoms with Crippen LogP contribution in [-0.4, -0.2) is 22.1 Å². The van der Waals surface area contributed by atoms with E-state index in [1.807, 2.05) is 24.3 Å². The molecule has 0 spiro atoms. The van der Waals surface area contributed by atoms with E-state index in [0.717, 1.165) is 10.5 Å². The summed E-state index contributed by atoms with van der Waals surface area (Å²) in [4.78, 5) is 1.09. The van der Waals surface area contributed by atoms with Gasteiger partial charge in [0.2, 0.25) is 10.0 Å². The summed E-state index contributed by atoms with van der Waals surface area (Å²) in [7, 11) is -1.96. The van der Waals surface area contributed by atoms with Gasteiger partial charge in [-0.25, -0.2) is 13.1 Å². The van der Waals surface area contributed by atoms with E-state index in [4.69, 9.17) is 4.74 Å². The van der Waals surface area contributed by atoms with Gasteiger partial charge in [-0.1, -0.05) is 18.2 Å². The van der Waals surface area contributed by atoms with Crippen molar-refractivity contribution in [2.45, 2.75) is 16.2 Å². The van der Waals surface area contributed by atoms with Crippen LogP contribution in [0.1, 0.15) is 5.56 Å². The summed E-state index contributed by atoms with van der Waals surface area (Å²) in [5.41, 5.74) is 1.01. The SMILES string of the molecule is COc1ccc(S(=O)(=O)NCCc2ccccc2S)cc1. The van der Waals surface area contributed by atoms with Crippen molar-refractivity contribution in [3.05, 3.63) is 54.1 Å². The van der Waals surface area contributed by atoms with Crippen LogP contribution >= 0.6 is 12.6 Å². The highest BCUT2D eigenvalue weighted by Crippen LogP contribution is 2.16. The van der Waals surface area contributed by atoms with E-state index < -0.39 is 10.0 Å². The molecule has 2 rings (SSSR count). The number of thiol groups is 1. The largest absolute Gasteiger partial charge is 0.497 e. The normalized spacial score (nSPS) is 11.3. The number of methoxy groups -OCH3 is 1. The maximum Gasteiger partial charge on any atom is 0.240 e. The highest BCUT2D eigenvalue weighted by molar-refractivity contribution is 7.89. The Labute approximate surface area is 130 Å². The van der Waals surface area contributed by atoms with E-state index in [1.54, 1.807) is 12.1 Å². The van der Waals surface area contributed by atoms with Gasteiger partial charge in [-0.3, -0.25) is 0 Å². The summed E-state index contributed by atoms with van der Waals surface area (Å²) in [5, 5.41) is 0. The van der Waals surface area contributed by atoms with Gasteiger partial charge in [-0.05, 0) is 42.3 Å². The van der Waals surface area contributed by atoms with E-state index in [0.29, 0.717) is 18.7 Å². The average Bonchev–Trinajstić information content (AvgIpc) is 2.49. The van der Waals surface area contributed by atoms with Crippen LogP contribution < -0.4 is 9.46 Å². The molecular weight excluding hydrogens is 306 g/mol. The second kappa shape index (κ2) is 6.98. The molecule has 1 N–H and O–H groups in total. The quantitative estimate of drug-likeness (QED) is 0.803. The van der Waals surface area contributed by atoms with Crippen LogP contribution in [0, 0.1) is 0 Å². The zero-order chi connectivity index (χ0) is 15.3. The van der Waals surface area contributed by atoms with Crippen molar-refractivity contribution < 1.29 is 13.2 Å². The van der Waals surface area contributed by atoms with Crippen LogP contribution in [-0.2, 0) is 16.4 Å². The molecule has 2 aromatic rings. The van der Waals surface area contributed by atoms with Crippen molar-refractivity contribution in [1.82, 2.24) is 4.72 Å². The van der Waals surface area contributed by atoms with Gasteiger partial charge in [0.1, 0.15) is 5.75 Å². The van der Waals surface area contributed by atoms with E-state index in [1.165, 1.54) is 19.2 Å². The Morgan fingerprint density at radius 2 is 1.76 bits per heavy atom. The maximum absolute atomic E-state index is 12.1. The van der Waals surface area contributed by atoms with Gasteiger partial charge in [0.15, 0.2) is 0 Å². The number of sulfonamides is 1. The lowest BCUT2D eigenvalue weighted by Gasteiger charge is -2.08. The molecule has 0 atom stereocenters. The molecule has 0 saturated heterocycles. The molecule has 4 nitrogen and oxygen atoms in total. The Balaban J connectivity index is 1.99. The fraction of sp³-hybridized carbons (Fsp3) is 0.200. The zero-order valence-corrected chi connectivity index (χ0v) is 13.3. The standard InChI is InChI=1S/C15H17NO3S2/c1-19-13-6-8-14(9-7-13)21(17,18)16-11-10-12-4-2-3-5-15(12)20/h2-9,16,20H,10-11H2,1H3. The Morgan fingerprint density at radius 3 is 2.38 bits per heavy atom. The monoisotopic (exact) mass is 323 g/mol. The Hall–Kier alpha value is -1.50. The molecule has 0 aliphatic carbocycles. The summed E-state index contributed by atoms with van der Waals surface area (Å²) in [6.45, 7) is 0.325. The molecule has 0 amide bonds. The number of nitrogens with one attached hydrogen (secondary N) is 1.